The first-order valence-electron chi connectivity index (χ1n) is 10.5. The van der Waals surface area contributed by atoms with Gasteiger partial charge in [-0.2, -0.15) is 0 Å². The molecule has 4 aromatic carbocycles. The lowest BCUT2D eigenvalue weighted by Gasteiger charge is -2.36. The molecule has 0 radical (unpaired) electrons. The molecule has 5 rings (SSSR count). The average Bonchev–Trinajstić information content (AvgIpc) is 2.76. The van der Waals surface area contributed by atoms with Gasteiger partial charge in [-0.15, -0.1) is 0 Å². The zero-order chi connectivity index (χ0) is 20.7. The minimum atomic E-state index is 0.0756. The van der Waals surface area contributed by atoms with Gasteiger partial charge in [0.25, 0.3) is 0 Å². The highest BCUT2D eigenvalue weighted by Crippen LogP contribution is 2.44. The van der Waals surface area contributed by atoms with E-state index in [0.717, 1.165) is 5.69 Å². The van der Waals surface area contributed by atoms with Gasteiger partial charge in [0.15, 0.2) is 0 Å². The maximum atomic E-state index is 13.4. The predicted octanol–water partition coefficient (Wildman–Crippen LogP) is 6.53. The van der Waals surface area contributed by atoms with E-state index >= 15 is 0 Å². The van der Waals surface area contributed by atoms with Crippen molar-refractivity contribution in [2.24, 2.45) is 0 Å². The lowest BCUT2D eigenvalue weighted by atomic mass is 9.80. The fourth-order valence-electron chi connectivity index (χ4n) is 4.71. The number of aryl methyl sites for hydroxylation is 2. The maximum absolute atomic E-state index is 13.4. The van der Waals surface area contributed by atoms with Crippen molar-refractivity contribution in [3.63, 3.8) is 0 Å². The number of carbonyl (C=O) groups excluding carboxylic acids is 1. The van der Waals surface area contributed by atoms with Gasteiger partial charge >= 0.3 is 0 Å². The highest BCUT2D eigenvalue weighted by Gasteiger charge is 2.33. The second kappa shape index (κ2) is 7.46. The predicted molar refractivity (Wildman–Crippen MR) is 124 cm³/mol. The Labute approximate surface area is 177 Å². The Morgan fingerprint density at radius 2 is 1.67 bits per heavy atom. The van der Waals surface area contributed by atoms with E-state index in [2.05, 4.69) is 86.6 Å². The molecule has 1 amide bonds. The second-order valence-corrected chi connectivity index (χ2v) is 8.30. The number of benzene rings is 4. The monoisotopic (exact) mass is 391 g/mol. The van der Waals surface area contributed by atoms with E-state index in [9.17, 15) is 4.79 Å². The lowest BCUT2D eigenvalue weighted by molar-refractivity contribution is -0.119. The van der Waals surface area contributed by atoms with Crippen LogP contribution in [0.5, 0.6) is 0 Å². The molecular formula is C28H25NO. The smallest absolute Gasteiger partial charge is 0.228 e. The highest BCUT2D eigenvalue weighted by atomic mass is 16.2. The Balaban J connectivity index is 1.70. The van der Waals surface area contributed by atoms with Gasteiger partial charge in [-0.25, -0.2) is 0 Å². The third-order valence-electron chi connectivity index (χ3n) is 6.30. The summed E-state index contributed by atoms with van der Waals surface area (Å²) in [4.78, 5) is 15.4. The van der Waals surface area contributed by atoms with Crippen molar-refractivity contribution >= 4 is 22.4 Å². The summed E-state index contributed by atoms with van der Waals surface area (Å²) in [6, 6.07) is 29.7. The summed E-state index contributed by atoms with van der Waals surface area (Å²) in [5.74, 6) is 0.263. The summed E-state index contributed by atoms with van der Waals surface area (Å²) < 4.78 is 0. The molecule has 0 N–H and O–H groups in total. The van der Waals surface area contributed by atoms with Crippen molar-refractivity contribution in [2.75, 3.05) is 4.90 Å². The molecule has 4 aromatic rings. The molecule has 1 unspecified atom stereocenters. The molecule has 1 aliphatic heterocycles. The second-order valence-electron chi connectivity index (χ2n) is 8.30. The number of rotatable bonds is 3. The summed E-state index contributed by atoms with van der Waals surface area (Å²) in [6.07, 6.45) is 0.496. The van der Waals surface area contributed by atoms with Crippen molar-refractivity contribution < 1.29 is 4.79 Å². The molecule has 0 spiro atoms. The third kappa shape index (κ3) is 3.19. The Morgan fingerprint density at radius 3 is 2.50 bits per heavy atom. The molecule has 1 aliphatic rings. The van der Waals surface area contributed by atoms with Gasteiger partial charge in [0.1, 0.15) is 0 Å². The molecular weight excluding hydrogens is 366 g/mol. The van der Waals surface area contributed by atoms with E-state index in [1.54, 1.807) is 0 Å². The van der Waals surface area contributed by atoms with Crippen LogP contribution in [-0.4, -0.2) is 5.91 Å². The van der Waals surface area contributed by atoms with Crippen LogP contribution in [0.2, 0.25) is 0 Å². The first kappa shape index (κ1) is 18.6. The summed E-state index contributed by atoms with van der Waals surface area (Å²) >= 11 is 0. The average molecular weight is 392 g/mol. The molecule has 0 fully saturated rings. The van der Waals surface area contributed by atoms with E-state index in [1.165, 1.54) is 38.6 Å². The van der Waals surface area contributed by atoms with Crippen LogP contribution in [-0.2, 0) is 11.3 Å². The van der Waals surface area contributed by atoms with Crippen molar-refractivity contribution in [1.82, 2.24) is 0 Å². The third-order valence-corrected chi connectivity index (χ3v) is 6.30. The molecule has 1 atom stereocenters. The molecule has 2 nitrogen and oxygen atoms in total. The molecule has 2 heteroatoms. The number of hydrogen-bond donors (Lipinski definition) is 0. The van der Waals surface area contributed by atoms with Gasteiger partial charge in [-0.05, 0) is 52.9 Å². The van der Waals surface area contributed by atoms with Crippen LogP contribution in [0.15, 0.2) is 84.9 Å². The SMILES string of the molecule is Cc1cccc(C2CC(=O)N(Cc3ccccc3C)c3ccc4ccccc4c32)c1. The number of nitrogens with zero attached hydrogens (tertiary/aromatic N) is 1. The lowest BCUT2D eigenvalue weighted by Crippen LogP contribution is -2.36. The number of hydrogen-bond acceptors (Lipinski definition) is 1. The Bertz CT molecular complexity index is 1260. The van der Waals surface area contributed by atoms with Crippen LogP contribution in [0.4, 0.5) is 5.69 Å². The molecule has 0 bridgehead atoms. The Morgan fingerprint density at radius 1 is 0.867 bits per heavy atom. The fraction of sp³-hybridized carbons (Fsp3) is 0.179. The van der Waals surface area contributed by atoms with Crippen LogP contribution in [0, 0.1) is 13.8 Å². The molecule has 1 heterocycles. The summed E-state index contributed by atoms with van der Waals surface area (Å²) in [6.45, 7) is 4.83. The summed E-state index contributed by atoms with van der Waals surface area (Å²) in [7, 11) is 0. The Hall–Kier alpha value is -3.39. The van der Waals surface area contributed by atoms with E-state index in [-0.39, 0.29) is 11.8 Å². The van der Waals surface area contributed by atoms with Crippen molar-refractivity contribution in [2.45, 2.75) is 32.7 Å². The number of anilines is 1. The van der Waals surface area contributed by atoms with E-state index < -0.39 is 0 Å². The topological polar surface area (TPSA) is 20.3 Å². The minimum absolute atomic E-state index is 0.0756. The molecule has 148 valence electrons. The van der Waals surface area contributed by atoms with Gasteiger partial charge < -0.3 is 4.90 Å². The fourth-order valence-corrected chi connectivity index (χ4v) is 4.71. The maximum Gasteiger partial charge on any atom is 0.228 e. The van der Waals surface area contributed by atoms with Gasteiger partial charge in [-0.3, -0.25) is 4.79 Å². The van der Waals surface area contributed by atoms with Crippen molar-refractivity contribution in [3.8, 4) is 0 Å². The van der Waals surface area contributed by atoms with Gasteiger partial charge in [0.2, 0.25) is 5.91 Å². The van der Waals surface area contributed by atoms with Crippen LogP contribution >= 0.6 is 0 Å². The number of fused-ring (bicyclic) bond motifs is 3. The zero-order valence-electron chi connectivity index (χ0n) is 17.4. The largest absolute Gasteiger partial charge is 0.308 e. The minimum Gasteiger partial charge on any atom is -0.308 e. The zero-order valence-corrected chi connectivity index (χ0v) is 17.4. The van der Waals surface area contributed by atoms with Gasteiger partial charge in [0.05, 0.1) is 6.54 Å². The van der Waals surface area contributed by atoms with Crippen LogP contribution in [0.3, 0.4) is 0 Å². The van der Waals surface area contributed by atoms with Crippen LogP contribution in [0.25, 0.3) is 10.8 Å². The molecule has 0 aromatic heterocycles. The molecule has 0 saturated carbocycles. The molecule has 30 heavy (non-hydrogen) atoms. The van der Waals surface area contributed by atoms with E-state index in [0.29, 0.717) is 13.0 Å². The summed E-state index contributed by atoms with van der Waals surface area (Å²) in [5.41, 5.74) is 7.17. The normalized spacial score (nSPS) is 16.0. The standard InChI is InChI=1S/C28H25NO/c1-19-8-7-12-22(16-19)25-17-27(30)29(18-23-11-4-3-9-20(23)2)26-15-14-21-10-5-6-13-24(21)28(25)26/h3-16,25H,17-18H2,1-2H3. The van der Waals surface area contributed by atoms with E-state index in [4.69, 9.17) is 0 Å². The van der Waals surface area contributed by atoms with Gasteiger partial charge in [-0.1, -0.05) is 84.4 Å². The Kier molecular flexibility index (Phi) is 4.63. The van der Waals surface area contributed by atoms with Crippen LogP contribution in [0.1, 0.15) is 40.2 Å². The summed E-state index contributed by atoms with van der Waals surface area (Å²) in [5, 5.41) is 2.46. The highest BCUT2D eigenvalue weighted by molar-refractivity contribution is 6.03. The first-order valence-corrected chi connectivity index (χ1v) is 10.5. The first-order chi connectivity index (χ1) is 14.6. The molecule has 0 saturated heterocycles. The van der Waals surface area contributed by atoms with Gasteiger partial charge in [0, 0.05) is 18.0 Å². The van der Waals surface area contributed by atoms with Crippen molar-refractivity contribution in [3.05, 3.63) is 113 Å². The van der Waals surface area contributed by atoms with Crippen molar-refractivity contribution in [1.29, 1.82) is 0 Å². The van der Waals surface area contributed by atoms with Crippen LogP contribution < -0.4 is 4.90 Å². The van der Waals surface area contributed by atoms with E-state index in [1.807, 2.05) is 17.0 Å². The molecule has 0 aliphatic carbocycles. The number of carbonyl (C=O) groups is 1. The number of amides is 1. The quantitative estimate of drug-likeness (QED) is 0.389.